The highest BCUT2D eigenvalue weighted by Crippen LogP contribution is 2.16. The summed E-state index contributed by atoms with van der Waals surface area (Å²) in [5.41, 5.74) is 0. The summed E-state index contributed by atoms with van der Waals surface area (Å²) in [6.45, 7) is 11.6. The third-order valence-electron chi connectivity index (χ3n) is 9.27. The average Bonchev–Trinajstić information content (AvgIpc) is 3.03. The third-order valence-corrected chi connectivity index (χ3v) is 9.27. The van der Waals surface area contributed by atoms with Crippen molar-refractivity contribution < 1.29 is 14.3 Å². The van der Waals surface area contributed by atoms with Crippen molar-refractivity contribution in [2.75, 3.05) is 19.8 Å². The van der Waals surface area contributed by atoms with Gasteiger partial charge in [-0.25, -0.2) is 0 Å². The van der Waals surface area contributed by atoms with E-state index in [2.05, 4.69) is 33.0 Å². The van der Waals surface area contributed by atoms with Crippen molar-refractivity contribution in [3.8, 4) is 0 Å². The maximum atomic E-state index is 12.6. The third kappa shape index (κ3) is 32.8. The molecule has 0 bridgehead atoms. The Hall–Kier alpha value is -0.610. The number of rotatable bonds is 37. The highest BCUT2D eigenvalue weighted by Gasteiger charge is 2.15. The predicted molar refractivity (Wildman–Crippen MR) is 194 cm³/mol. The normalized spacial score (nSPS) is 12.9. The molecule has 2 atom stereocenters. The summed E-state index contributed by atoms with van der Waals surface area (Å²) in [4.78, 5) is 12.6. The number of unbranched alkanes of at least 4 members (excludes halogenated alkanes) is 23. The Bertz CT molecular complexity index is 555. The minimum atomic E-state index is 0.00187. The quantitative estimate of drug-likeness (QED) is 0.0552. The fourth-order valence-electron chi connectivity index (χ4n) is 6.10. The van der Waals surface area contributed by atoms with Gasteiger partial charge in [-0.2, -0.15) is 0 Å². The van der Waals surface area contributed by atoms with Crippen LogP contribution < -0.4 is 5.32 Å². The van der Waals surface area contributed by atoms with E-state index in [0.29, 0.717) is 19.1 Å². The molecule has 264 valence electrons. The lowest BCUT2D eigenvalue weighted by molar-refractivity contribution is -0.150. The van der Waals surface area contributed by atoms with Crippen LogP contribution >= 0.6 is 0 Å². The van der Waals surface area contributed by atoms with E-state index < -0.39 is 0 Å². The zero-order valence-corrected chi connectivity index (χ0v) is 30.7. The van der Waals surface area contributed by atoms with E-state index in [4.69, 9.17) is 9.47 Å². The summed E-state index contributed by atoms with van der Waals surface area (Å²) in [5.74, 6) is 0.00187. The predicted octanol–water partition coefficient (Wildman–Crippen LogP) is 12.7. The smallest absolute Gasteiger partial charge is 0.306 e. The fraction of sp³-hybridized carbons (Fsp3) is 0.975. The number of carbonyl (C=O) groups excluding carboxylic acids is 1. The number of hydrogen-bond acceptors (Lipinski definition) is 4. The average molecular weight is 624 g/mol. The van der Waals surface area contributed by atoms with E-state index in [1.807, 2.05) is 0 Å². The molecule has 0 saturated heterocycles. The molecular formula is C40H81NO3. The molecule has 0 rings (SSSR count). The van der Waals surface area contributed by atoms with Crippen LogP contribution in [0.25, 0.3) is 0 Å². The maximum absolute atomic E-state index is 12.6. The van der Waals surface area contributed by atoms with Crippen molar-refractivity contribution in [3.63, 3.8) is 0 Å². The van der Waals surface area contributed by atoms with Crippen LogP contribution in [0.5, 0.6) is 0 Å². The number of hydrogen-bond donors (Lipinski definition) is 1. The van der Waals surface area contributed by atoms with Crippen molar-refractivity contribution in [2.24, 2.45) is 0 Å². The van der Waals surface area contributed by atoms with Gasteiger partial charge in [0.05, 0.1) is 13.2 Å². The van der Waals surface area contributed by atoms with Gasteiger partial charge >= 0.3 is 5.97 Å². The van der Waals surface area contributed by atoms with Gasteiger partial charge in [0.25, 0.3) is 0 Å². The Morgan fingerprint density at radius 1 is 0.523 bits per heavy atom. The van der Waals surface area contributed by atoms with Crippen LogP contribution in [0, 0.1) is 0 Å². The number of esters is 1. The Morgan fingerprint density at radius 3 is 1.43 bits per heavy atom. The number of ether oxygens (including phenoxy) is 2. The van der Waals surface area contributed by atoms with E-state index in [1.54, 1.807) is 0 Å². The number of nitrogens with one attached hydrogen (secondary N) is 1. The van der Waals surface area contributed by atoms with Crippen LogP contribution in [0.4, 0.5) is 0 Å². The van der Waals surface area contributed by atoms with Crippen molar-refractivity contribution >= 4 is 5.97 Å². The van der Waals surface area contributed by atoms with Crippen molar-refractivity contribution in [2.45, 2.75) is 232 Å². The molecule has 44 heavy (non-hydrogen) atoms. The van der Waals surface area contributed by atoms with E-state index >= 15 is 0 Å². The summed E-state index contributed by atoms with van der Waals surface area (Å²) < 4.78 is 12.1. The van der Waals surface area contributed by atoms with E-state index in [1.165, 1.54) is 148 Å². The largest absolute Gasteiger partial charge is 0.462 e. The summed E-state index contributed by atoms with van der Waals surface area (Å²) in [6, 6.07) is 0.421. The van der Waals surface area contributed by atoms with Gasteiger partial charge < -0.3 is 14.8 Å². The lowest BCUT2D eigenvalue weighted by Gasteiger charge is -2.20. The van der Waals surface area contributed by atoms with Crippen molar-refractivity contribution in [3.05, 3.63) is 0 Å². The fourth-order valence-corrected chi connectivity index (χ4v) is 6.10. The molecule has 0 aliphatic rings. The van der Waals surface area contributed by atoms with Gasteiger partial charge in [0.2, 0.25) is 0 Å². The molecule has 0 aromatic rings. The first-order valence-electron chi connectivity index (χ1n) is 20.2. The summed E-state index contributed by atoms with van der Waals surface area (Å²) in [6.07, 6.45) is 37.9. The van der Waals surface area contributed by atoms with E-state index in [9.17, 15) is 4.79 Å². The minimum absolute atomic E-state index is 0.00187. The molecular weight excluding hydrogens is 542 g/mol. The first kappa shape index (κ1) is 43.4. The molecule has 4 heteroatoms. The molecule has 0 aromatic carbocycles. The highest BCUT2D eigenvalue weighted by molar-refractivity contribution is 5.69. The van der Waals surface area contributed by atoms with Crippen LogP contribution in [0.2, 0.25) is 0 Å². The molecule has 4 nitrogen and oxygen atoms in total. The van der Waals surface area contributed by atoms with Crippen LogP contribution in [0.15, 0.2) is 0 Å². The van der Waals surface area contributed by atoms with Crippen molar-refractivity contribution in [1.82, 2.24) is 5.32 Å². The second-order valence-corrected chi connectivity index (χ2v) is 13.7. The Balaban J connectivity index is 4.02. The molecule has 0 aliphatic carbocycles. The van der Waals surface area contributed by atoms with Crippen molar-refractivity contribution in [1.29, 1.82) is 0 Å². The maximum Gasteiger partial charge on any atom is 0.306 e. The minimum Gasteiger partial charge on any atom is -0.462 e. The van der Waals surface area contributed by atoms with Crippen LogP contribution in [0.3, 0.4) is 0 Å². The van der Waals surface area contributed by atoms with Gasteiger partial charge in [0.15, 0.2) is 0 Å². The van der Waals surface area contributed by atoms with E-state index in [-0.39, 0.29) is 12.1 Å². The Labute approximate surface area is 277 Å². The number of carbonyl (C=O) groups is 1. The van der Waals surface area contributed by atoms with Gasteiger partial charge in [-0.3, -0.25) is 4.79 Å². The zero-order valence-electron chi connectivity index (χ0n) is 30.7. The lowest BCUT2D eigenvalue weighted by atomic mass is 10.1. The topological polar surface area (TPSA) is 47.6 Å². The Morgan fingerprint density at radius 2 is 0.955 bits per heavy atom. The zero-order chi connectivity index (χ0) is 32.2. The molecule has 0 aliphatic heterocycles. The molecule has 0 saturated carbocycles. The first-order chi connectivity index (χ1) is 21.7. The second-order valence-electron chi connectivity index (χ2n) is 13.7. The second kappa shape index (κ2) is 36.9. The molecule has 1 N–H and O–H groups in total. The SMILES string of the molecule is CCCCCCCCCCCCCCN[C@@H](CC)COCC[C@@H](CCCCCCC)OC(=O)CCCCCCCCCCC. The summed E-state index contributed by atoms with van der Waals surface area (Å²) in [7, 11) is 0. The monoisotopic (exact) mass is 624 g/mol. The Kier molecular flexibility index (Phi) is 36.3. The highest BCUT2D eigenvalue weighted by atomic mass is 16.5. The van der Waals surface area contributed by atoms with Crippen LogP contribution in [-0.4, -0.2) is 37.9 Å². The molecule has 0 unspecified atom stereocenters. The molecule has 0 radical (unpaired) electrons. The molecule has 0 spiro atoms. The molecule has 0 amide bonds. The van der Waals surface area contributed by atoms with Gasteiger partial charge in [0, 0.05) is 18.9 Å². The summed E-state index contributed by atoms with van der Waals surface area (Å²) in [5, 5.41) is 3.72. The van der Waals surface area contributed by atoms with Crippen LogP contribution in [-0.2, 0) is 14.3 Å². The van der Waals surface area contributed by atoms with E-state index in [0.717, 1.165) is 51.7 Å². The first-order valence-corrected chi connectivity index (χ1v) is 20.2. The van der Waals surface area contributed by atoms with Crippen LogP contribution in [0.1, 0.15) is 220 Å². The lowest BCUT2D eigenvalue weighted by Crippen LogP contribution is -2.34. The van der Waals surface area contributed by atoms with Gasteiger partial charge in [-0.1, -0.05) is 175 Å². The molecule has 0 heterocycles. The standard InChI is InChI=1S/C40H81NO3/c1-5-9-12-15-17-19-20-21-23-25-28-31-35-41-38(8-4)37-43-36-34-39(32-29-26-14-11-7-3)44-40(42)33-30-27-24-22-18-16-13-10-6-2/h38-39,41H,5-37H2,1-4H3/t38-,39+/m0/s1. The van der Waals surface area contributed by atoms with Gasteiger partial charge in [-0.15, -0.1) is 0 Å². The van der Waals surface area contributed by atoms with Gasteiger partial charge in [-0.05, 0) is 38.6 Å². The molecule has 0 fully saturated rings. The molecule has 0 aromatic heterocycles. The summed E-state index contributed by atoms with van der Waals surface area (Å²) >= 11 is 0. The van der Waals surface area contributed by atoms with Gasteiger partial charge in [0.1, 0.15) is 6.10 Å².